The number of rotatable bonds is 5. The normalized spacial score (nSPS) is 16.8. The molecule has 0 aliphatic carbocycles. The lowest BCUT2D eigenvalue weighted by molar-refractivity contribution is -0.130. The summed E-state index contributed by atoms with van der Waals surface area (Å²) in [7, 11) is 1.62. The van der Waals surface area contributed by atoms with Crippen molar-refractivity contribution < 1.29 is 9.59 Å². The highest BCUT2D eigenvalue weighted by Crippen LogP contribution is 2.23. The Bertz CT molecular complexity index is 872. The van der Waals surface area contributed by atoms with E-state index in [1.807, 2.05) is 12.1 Å². The molecular weight excluding hydrogens is 405 g/mol. The lowest BCUT2D eigenvalue weighted by Gasteiger charge is -2.23. The Kier molecular flexibility index (Phi) is 5.99. The molecule has 0 bridgehead atoms. The minimum absolute atomic E-state index is 0.000467. The molecule has 1 saturated heterocycles. The van der Waals surface area contributed by atoms with Crippen molar-refractivity contribution in [3.05, 3.63) is 64.1 Å². The summed E-state index contributed by atoms with van der Waals surface area (Å²) in [5.41, 5.74) is 1.57. The Balaban J connectivity index is 1.72. The quantitative estimate of drug-likeness (QED) is 0.742. The van der Waals surface area contributed by atoms with E-state index >= 15 is 0 Å². The Hall–Kier alpha value is -2.15. The second kappa shape index (κ2) is 8.25. The lowest BCUT2D eigenvalue weighted by atomic mass is 10.1. The average molecular weight is 422 g/mol. The molecule has 0 saturated carbocycles. The SMILES string of the molecule is CN1C(=O)C(CC(=O)Nc2ccc(Cl)cc2)N(Cc2ccc(Cl)cc2)C1=S. The van der Waals surface area contributed by atoms with Gasteiger partial charge in [-0.1, -0.05) is 35.3 Å². The molecule has 1 N–H and O–H groups in total. The van der Waals surface area contributed by atoms with E-state index in [4.69, 9.17) is 35.4 Å². The van der Waals surface area contributed by atoms with Crippen LogP contribution < -0.4 is 5.32 Å². The molecule has 1 heterocycles. The van der Waals surface area contributed by atoms with Gasteiger partial charge in [0.2, 0.25) is 5.91 Å². The minimum Gasteiger partial charge on any atom is -0.332 e. The first-order chi connectivity index (χ1) is 12.8. The van der Waals surface area contributed by atoms with Gasteiger partial charge in [0.05, 0.1) is 6.42 Å². The van der Waals surface area contributed by atoms with Crippen LogP contribution in [0.4, 0.5) is 5.69 Å². The van der Waals surface area contributed by atoms with E-state index in [2.05, 4.69) is 5.32 Å². The lowest BCUT2D eigenvalue weighted by Crippen LogP contribution is -2.37. The van der Waals surface area contributed by atoms with E-state index in [0.717, 1.165) is 5.56 Å². The topological polar surface area (TPSA) is 52.7 Å². The Morgan fingerprint density at radius 2 is 1.63 bits per heavy atom. The zero-order chi connectivity index (χ0) is 19.6. The molecular formula is C19H17Cl2N3O2S. The molecule has 3 rings (SSSR count). The van der Waals surface area contributed by atoms with Crippen LogP contribution in [0, 0.1) is 0 Å². The van der Waals surface area contributed by atoms with Gasteiger partial charge >= 0.3 is 0 Å². The van der Waals surface area contributed by atoms with E-state index in [9.17, 15) is 9.59 Å². The second-order valence-corrected chi connectivity index (χ2v) is 7.45. The number of amides is 2. The summed E-state index contributed by atoms with van der Waals surface area (Å²) < 4.78 is 0. The summed E-state index contributed by atoms with van der Waals surface area (Å²) >= 11 is 17.2. The zero-order valence-corrected chi connectivity index (χ0v) is 16.8. The molecule has 0 aromatic heterocycles. The number of halogens is 2. The molecule has 1 atom stereocenters. The van der Waals surface area contributed by atoms with Gasteiger partial charge in [0.25, 0.3) is 5.91 Å². The molecule has 2 aromatic rings. The highest BCUT2D eigenvalue weighted by molar-refractivity contribution is 7.80. The highest BCUT2D eigenvalue weighted by atomic mass is 35.5. The first-order valence-corrected chi connectivity index (χ1v) is 9.39. The number of anilines is 1. The van der Waals surface area contributed by atoms with Crippen LogP contribution in [-0.2, 0) is 16.1 Å². The van der Waals surface area contributed by atoms with Gasteiger partial charge in [0.1, 0.15) is 6.04 Å². The van der Waals surface area contributed by atoms with Crippen molar-refractivity contribution in [3.63, 3.8) is 0 Å². The molecule has 8 heteroatoms. The summed E-state index contributed by atoms with van der Waals surface area (Å²) in [5.74, 6) is -0.463. The van der Waals surface area contributed by atoms with Crippen LogP contribution in [0.3, 0.4) is 0 Å². The standard InChI is InChI=1S/C19H17Cl2N3O2S/c1-23-18(26)16(10-17(25)22-15-8-6-14(21)7-9-15)24(19(23)27)11-12-2-4-13(20)5-3-12/h2-9,16H,10-11H2,1H3,(H,22,25). The summed E-state index contributed by atoms with van der Waals surface area (Å²) in [6.45, 7) is 0.422. The molecule has 1 aliphatic rings. The third-order valence-corrected chi connectivity index (χ3v) is 5.31. The molecule has 27 heavy (non-hydrogen) atoms. The van der Waals surface area contributed by atoms with Gasteiger partial charge in [-0.15, -0.1) is 0 Å². The summed E-state index contributed by atoms with van der Waals surface area (Å²) in [6.07, 6.45) is -0.000467. The van der Waals surface area contributed by atoms with Crippen LogP contribution >= 0.6 is 35.4 Å². The van der Waals surface area contributed by atoms with E-state index in [1.165, 1.54) is 4.90 Å². The smallest absolute Gasteiger partial charge is 0.251 e. The second-order valence-electron chi connectivity index (χ2n) is 6.21. The number of likely N-dealkylation sites (N-methyl/N-ethyl adjacent to an activating group) is 1. The summed E-state index contributed by atoms with van der Waals surface area (Å²) in [5, 5.41) is 4.40. The van der Waals surface area contributed by atoms with Crippen LogP contribution in [0.1, 0.15) is 12.0 Å². The van der Waals surface area contributed by atoms with E-state index in [-0.39, 0.29) is 18.2 Å². The third-order valence-electron chi connectivity index (χ3n) is 4.30. The maximum atomic E-state index is 12.6. The minimum atomic E-state index is -0.648. The Morgan fingerprint density at radius 1 is 1.07 bits per heavy atom. The molecule has 1 aliphatic heterocycles. The molecule has 2 amide bonds. The molecule has 140 valence electrons. The highest BCUT2D eigenvalue weighted by Gasteiger charge is 2.41. The van der Waals surface area contributed by atoms with Gasteiger partial charge in [-0.05, 0) is 54.2 Å². The number of nitrogens with zero attached hydrogens (tertiary/aromatic N) is 2. The first-order valence-electron chi connectivity index (χ1n) is 8.23. The predicted octanol–water partition coefficient (Wildman–Crippen LogP) is 3.95. The molecule has 0 spiro atoms. The average Bonchev–Trinajstić information content (AvgIpc) is 2.83. The molecule has 2 aromatic carbocycles. The third kappa shape index (κ3) is 4.58. The van der Waals surface area contributed by atoms with Gasteiger partial charge < -0.3 is 10.2 Å². The monoisotopic (exact) mass is 421 g/mol. The fourth-order valence-corrected chi connectivity index (χ4v) is 3.39. The van der Waals surface area contributed by atoms with Gasteiger partial charge in [-0.2, -0.15) is 0 Å². The summed E-state index contributed by atoms with van der Waals surface area (Å²) in [6, 6.07) is 13.5. The largest absolute Gasteiger partial charge is 0.332 e. The van der Waals surface area contributed by atoms with E-state index in [1.54, 1.807) is 48.3 Å². The molecule has 1 fully saturated rings. The number of hydrogen-bond acceptors (Lipinski definition) is 3. The fourth-order valence-electron chi connectivity index (χ4n) is 2.86. The van der Waals surface area contributed by atoms with E-state index < -0.39 is 6.04 Å². The molecule has 5 nitrogen and oxygen atoms in total. The maximum Gasteiger partial charge on any atom is 0.251 e. The van der Waals surface area contributed by atoms with Gasteiger partial charge in [-0.3, -0.25) is 14.5 Å². The van der Waals surface area contributed by atoms with Crippen LogP contribution in [0.25, 0.3) is 0 Å². The number of nitrogens with one attached hydrogen (secondary N) is 1. The zero-order valence-electron chi connectivity index (χ0n) is 14.5. The van der Waals surface area contributed by atoms with Gasteiger partial charge in [0, 0.05) is 29.3 Å². The van der Waals surface area contributed by atoms with E-state index in [0.29, 0.717) is 27.4 Å². The van der Waals surface area contributed by atoms with Crippen molar-refractivity contribution in [2.75, 3.05) is 12.4 Å². The molecule has 0 radical (unpaired) electrons. The Labute approximate surface area is 172 Å². The fraction of sp³-hybridized carbons (Fsp3) is 0.211. The number of benzene rings is 2. The number of carbonyl (C=O) groups excluding carboxylic acids is 2. The van der Waals surface area contributed by atoms with Crippen molar-refractivity contribution in [2.45, 2.75) is 19.0 Å². The van der Waals surface area contributed by atoms with Crippen LogP contribution in [0.15, 0.2) is 48.5 Å². The van der Waals surface area contributed by atoms with Crippen molar-refractivity contribution in [1.29, 1.82) is 0 Å². The van der Waals surface area contributed by atoms with Crippen LogP contribution in [0.2, 0.25) is 10.0 Å². The first kappa shape index (κ1) is 19.6. The summed E-state index contributed by atoms with van der Waals surface area (Å²) in [4.78, 5) is 28.2. The van der Waals surface area contributed by atoms with Crippen LogP contribution in [-0.4, -0.2) is 39.8 Å². The Morgan fingerprint density at radius 3 is 2.22 bits per heavy atom. The molecule has 1 unspecified atom stereocenters. The maximum absolute atomic E-state index is 12.6. The van der Waals surface area contributed by atoms with Crippen molar-refractivity contribution in [2.24, 2.45) is 0 Å². The number of carbonyl (C=O) groups is 2. The number of hydrogen-bond donors (Lipinski definition) is 1. The van der Waals surface area contributed by atoms with Crippen LogP contribution in [0.5, 0.6) is 0 Å². The van der Waals surface area contributed by atoms with Crippen molar-refractivity contribution in [1.82, 2.24) is 9.80 Å². The van der Waals surface area contributed by atoms with Crippen molar-refractivity contribution >= 4 is 58.0 Å². The number of thiocarbonyl (C=S) groups is 1. The van der Waals surface area contributed by atoms with Crippen molar-refractivity contribution in [3.8, 4) is 0 Å². The predicted molar refractivity (Wildman–Crippen MR) is 111 cm³/mol. The van der Waals surface area contributed by atoms with Gasteiger partial charge in [0.15, 0.2) is 5.11 Å². The van der Waals surface area contributed by atoms with Gasteiger partial charge in [-0.25, -0.2) is 0 Å².